The number of rotatable bonds is 6. The molecule has 0 radical (unpaired) electrons. The van der Waals surface area contributed by atoms with Crippen molar-refractivity contribution in [1.82, 2.24) is 15.3 Å². The number of anilines is 1. The van der Waals surface area contributed by atoms with Crippen LogP contribution in [0.1, 0.15) is 24.8 Å². The molecule has 2 fully saturated rings. The second-order valence-electron chi connectivity index (χ2n) is 7.88. The highest BCUT2D eigenvalue weighted by molar-refractivity contribution is 6.30. The maximum Gasteiger partial charge on any atom is 0.240 e. The van der Waals surface area contributed by atoms with E-state index >= 15 is 0 Å². The summed E-state index contributed by atoms with van der Waals surface area (Å²) in [6.07, 6.45) is 3.71. The van der Waals surface area contributed by atoms with Gasteiger partial charge in [0.05, 0.1) is 11.6 Å². The van der Waals surface area contributed by atoms with Crippen molar-refractivity contribution in [2.24, 2.45) is 17.1 Å². The summed E-state index contributed by atoms with van der Waals surface area (Å²) in [6, 6.07) is 6.46. The van der Waals surface area contributed by atoms with Gasteiger partial charge in [-0.3, -0.25) is 4.79 Å². The maximum absolute atomic E-state index is 14.4. The highest BCUT2D eigenvalue weighted by atomic mass is 35.5. The van der Waals surface area contributed by atoms with Crippen LogP contribution in [-0.4, -0.2) is 35.5 Å². The summed E-state index contributed by atoms with van der Waals surface area (Å²) in [4.78, 5) is 23.4. The second-order valence-corrected chi connectivity index (χ2v) is 8.32. The number of carbonyl (C=O) groups excluding carboxylic acids is 1. The molecule has 1 atom stereocenters. The number of hydrogen-bond donors (Lipinski definition) is 2. The molecule has 1 unspecified atom stereocenters. The maximum atomic E-state index is 14.4. The molecule has 4 rings (SSSR count). The SMILES string of the molecule is N#CC1(C(=O)NCc2cnc(-c3ccc(Cl)cc3F)nc2N2CCC(CN)C2)CC1. The van der Waals surface area contributed by atoms with Gasteiger partial charge in [0, 0.05) is 36.4 Å². The summed E-state index contributed by atoms with van der Waals surface area (Å²) < 4.78 is 14.4. The third kappa shape index (κ3) is 3.95. The van der Waals surface area contributed by atoms with Gasteiger partial charge in [-0.15, -0.1) is 0 Å². The van der Waals surface area contributed by atoms with E-state index in [9.17, 15) is 14.4 Å². The lowest BCUT2D eigenvalue weighted by Gasteiger charge is -2.22. The van der Waals surface area contributed by atoms with Gasteiger partial charge < -0.3 is 16.0 Å². The monoisotopic (exact) mass is 428 g/mol. The van der Waals surface area contributed by atoms with Crippen molar-refractivity contribution in [2.75, 3.05) is 24.5 Å². The Morgan fingerprint density at radius 1 is 1.47 bits per heavy atom. The van der Waals surface area contributed by atoms with E-state index in [1.54, 1.807) is 18.3 Å². The van der Waals surface area contributed by atoms with Gasteiger partial charge in [0.1, 0.15) is 17.1 Å². The standard InChI is InChI=1S/C21H22ClFN6O/c22-15-1-2-16(17(23)7-15)18-26-9-14(10-27-20(30)21(12-25)4-5-21)19(28-18)29-6-3-13(8-24)11-29/h1-2,7,9,13H,3-6,8,10-11,24H2,(H,27,30). The number of nitrogens with two attached hydrogens (primary N) is 1. The van der Waals surface area contributed by atoms with Crippen molar-refractivity contribution in [2.45, 2.75) is 25.8 Å². The molecule has 1 aromatic heterocycles. The third-order valence-electron chi connectivity index (χ3n) is 5.77. The average molecular weight is 429 g/mol. The van der Waals surface area contributed by atoms with Crippen molar-refractivity contribution >= 4 is 23.3 Å². The summed E-state index contributed by atoms with van der Waals surface area (Å²) in [7, 11) is 0. The molecule has 2 heterocycles. The normalized spacial score (nSPS) is 19.4. The molecule has 1 saturated carbocycles. The second kappa shape index (κ2) is 8.17. The van der Waals surface area contributed by atoms with E-state index in [1.165, 1.54) is 6.07 Å². The Labute approximate surface area is 179 Å². The molecule has 1 amide bonds. The van der Waals surface area contributed by atoms with Crippen LogP contribution in [-0.2, 0) is 11.3 Å². The van der Waals surface area contributed by atoms with Crippen LogP contribution in [0.25, 0.3) is 11.4 Å². The van der Waals surface area contributed by atoms with E-state index in [4.69, 9.17) is 17.3 Å². The minimum Gasteiger partial charge on any atom is -0.356 e. The number of halogens is 2. The fourth-order valence-corrected chi connectivity index (χ4v) is 3.83. The molecule has 1 saturated heterocycles. The van der Waals surface area contributed by atoms with Crippen LogP contribution in [0.15, 0.2) is 24.4 Å². The first kappa shape index (κ1) is 20.5. The van der Waals surface area contributed by atoms with Crippen LogP contribution in [0.5, 0.6) is 0 Å². The van der Waals surface area contributed by atoms with Crippen LogP contribution in [0.3, 0.4) is 0 Å². The van der Waals surface area contributed by atoms with Crippen LogP contribution >= 0.6 is 11.6 Å². The quantitative estimate of drug-likeness (QED) is 0.732. The predicted molar refractivity (Wildman–Crippen MR) is 111 cm³/mol. The van der Waals surface area contributed by atoms with Gasteiger partial charge in [0.25, 0.3) is 0 Å². The van der Waals surface area contributed by atoms with E-state index < -0.39 is 11.2 Å². The van der Waals surface area contributed by atoms with Crippen LogP contribution in [0.2, 0.25) is 5.02 Å². The topological polar surface area (TPSA) is 108 Å². The predicted octanol–water partition coefficient (Wildman–Crippen LogP) is 2.64. The molecular weight excluding hydrogens is 407 g/mol. The van der Waals surface area contributed by atoms with E-state index in [0.29, 0.717) is 41.7 Å². The molecule has 30 heavy (non-hydrogen) atoms. The molecule has 3 N–H and O–H groups in total. The minimum atomic E-state index is -0.897. The summed E-state index contributed by atoms with van der Waals surface area (Å²) in [6.45, 7) is 2.28. The Kier molecular flexibility index (Phi) is 5.58. The summed E-state index contributed by atoms with van der Waals surface area (Å²) in [5.74, 6) is 0.477. The van der Waals surface area contributed by atoms with Crippen molar-refractivity contribution < 1.29 is 9.18 Å². The van der Waals surface area contributed by atoms with Gasteiger partial charge in [-0.2, -0.15) is 5.26 Å². The first-order valence-corrected chi connectivity index (χ1v) is 10.3. The fraction of sp³-hybridized carbons (Fsp3) is 0.429. The van der Waals surface area contributed by atoms with E-state index in [-0.39, 0.29) is 23.8 Å². The smallest absolute Gasteiger partial charge is 0.240 e. The lowest BCUT2D eigenvalue weighted by molar-refractivity contribution is -0.124. The molecule has 9 heteroatoms. The van der Waals surface area contributed by atoms with Crippen molar-refractivity contribution in [3.8, 4) is 17.5 Å². The molecular formula is C21H22ClFN6O. The Balaban J connectivity index is 1.63. The van der Waals surface area contributed by atoms with Crippen molar-refractivity contribution in [3.05, 3.63) is 40.8 Å². The Bertz CT molecular complexity index is 1020. The molecule has 0 spiro atoms. The number of nitriles is 1. The lowest BCUT2D eigenvalue weighted by atomic mass is 10.1. The number of carbonyl (C=O) groups is 1. The molecule has 7 nitrogen and oxygen atoms in total. The van der Waals surface area contributed by atoms with Gasteiger partial charge in [0.2, 0.25) is 5.91 Å². The number of nitrogens with zero attached hydrogens (tertiary/aromatic N) is 4. The number of hydrogen-bond acceptors (Lipinski definition) is 6. The largest absolute Gasteiger partial charge is 0.356 e. The first-order valence-electron chi connectivity index (χ1n) is 9.91. The summed E-state index contributed by atoms with van der Waals surface area (Å²) >= 11 is 5.86. The van der Waals surface area contributed by atoms with Gasteiger partial charge >= 0.3 is 0 Å². The molecule has 156 valence electrons. The fourth-order valence-electron chi connectivity index (χ4n) is 3.67. The molecule has 2 aromatic rings. The molecule has 1 aliphatic carbocycles. The van der Waals surface area contributed by atoms with Crippen LogP contribution in [0, 0.1) is 28.5 Å². The molecule has 0 bridgehead atoms. The first-order chi connectivity index (χ1) is 14.5. The van der Waals surface area contributed by atoms with Crippen LogP contribution < -0.4 is 16.0 Å². The number of nitrogens with one attached hydrogen (secondary N) is 1. The van der Waals surface area contributed by atoms with Crippen molar-refractivity contribution in [1.29, 1.82) is 5.26 Å². The molecule has 1 aliphatic heterocycles. The summed E-state index contributed by atoms with van der Waals surface area (Å²) in [5.41, 5.74) is 5.90. The summed E-state index contributed by atoms with van der Waals surface area (Å²) in [5, 5.41) is 12.3. The van der Waals surface area contributed by atoms with Crippen LogP contribution in [0.4, 0.5) is 10.2 Å². The van der Waals surface area contributed by atoms with Gasteiger partial charge in [-0.05, 0) is 49.9 Å². The number of amides is 1. The zero-order valence-corrected chi connectivity index (χ0v) is 17.1. The Morgan fingerprint density at radius 3 is 2.90 bits per heavy atom. The van der Waals surface area contributed by atoms with Gasteiger partial charge in [-0.1, -0.05) is 11.6 Å². The van der Waals surface area contributed by atoms with Gasteiger partial charge in [-0.25, -0.2) is 14.4 Å². The van der Waals surface area contributed by atoms with E-state index in [0.717, 1.165) is 19.5 Å². The highest BCUT2D eigenvalue weighted by Crippen LogP contribution is 2.45. The molecule has 2 aliphatic rings. The Hall–Kier alpha value is -2.76. The minimum absolute atomic E-state index is 0.199. The van der Waals surface area contributed by atoms with Crippen molar-refractivity contribution in [3.63, 3.8) is 0 Å². The number of benzene rings is 1. The van der Waals surface area contributed by atoms with Gasteiger partial charge in [0.15, 0.2) is 5.82 Å². The lowest BCUT2D eigenvalue weighted by Crippen LogP contribution is -2.32. The number of aromatic nitrogens is 2. The third-order valence-corrected chi connectivity index (χ3v) is 6.01. The zero-order valence-electron chi connectivity index (χ0n) is 16.4. The Morgan fingerprint density at radius 2 is 2.27 bits per heavy atom. The van der Waals surface area contributed by atoms with E-state index in [1.807, 2.05) is 0 Å². The average Bonchev–Trinajstić information content (AvgIpc) is 3.41. The zero-order chi connectivity index (χ0) is 21.3. The molecule has 1 aromatic carbocycles. The highest BCUT2D eigenvalue weighted by Gasteiger charge is 2.50. The van der Waals surface area contributed by atoms with E-state index in [2.05, 4.69) is 26.3 Å².